The van der Waals surface area contributed by atoms with Gasteiger partial charge in [-0.15, -0.1) is 0 Å². The van der Waals surface area contributed by atoms with E-state index in [2.05, 4.69) is 13.8 Å². The molecule has 0 saturated heterocycles. The van der Waals surface area contributed by atoms with Gasteiger partial charge < -0.3 is 14.4 Å². The molecular formula is C15H27NO4. The van der Waals surface area contributed by atoms with E-state index in [1.54, 1.807) is 18.7 Å². The van der Waals surface area contributed by atoms with Crippen LogP contribution in [-0.2, 0) is 14.3 Å². The summed E-state index contributed by atoms with van der Waals surface area (Å²) in [6.07, 6.45) is 2.26. The minimum absolute atomic E-state index is 0.0875. The first-order chi connectivity index (χ1) is 9.51. The first-order valence-corrected chi connectivity index (χ1v) is 7.61. The van der Waals surface area contributed by atoms with E-state index < -0.39 is 0 Å². The summed E-state index contributed by atoms with van der Waals surface area (Å²) in [6, 6.07) is -0.0875. The molecule has 0 aromatic carbocycles. The van der Waals surface area contributed by atoms with Crippen molar-refractivity contribution >= 4 is 12.1 Å². The molecule has 0 aromatic rings. The number of hydrogen-bond acceptors (Lipinski definition) is 4. The standard InChI is InChI=1S/C15H27NO4/c1-5-19-14(17)12-8-7-9-13(12)16(10-11(3)4)15(18)20-6-2/h11-13H,5-10H2,1-4H3. The zero-order chi connectivity index (χ0) is 15.1. The molecule has 0 bridgehead atoms. The van der Waals surface area contributed by atoms with Gasteiger partial charge in [0.05, 0.1) is 19.1 Å². The number of rotatable bonds is 6. The largest absolute Gasteiger partial charge is 0.466 e. The van der Waals surface area contributed by atoms with E-state index in [0.717, 1.165) is 19.3 Å². The van der Waals surface area contributed by atoms with Crippen LogP contribution in [0.25, 0.3) is 0 Å². The maximum atomic E-state index is 12.1. The number of esters is 1. The van der Waals surface area contributed by atoms with Gasteiger partial charge in [0.2, 0.25) is 0 Å². The lowest BCUT2D eigenvalue weighted by Crippen LogP contribution is -2.46. The van der Waals surface area contributed by atoms with Gasteiger partial charge in [0.25, 0.3) is 0 Å². The van der Waals surface area contributed by atoms with E-state index in [1.807, 2.05) is 0 Å². The number of ether oxygens (including phenoxy) is 2. The van der Waals surface area contributed by atoms with Crippen molar-refractivity contribution in [2.75, 3.05) is 19.8 Å². The Morgan fingerprint density at radius 2 is 1.80 bits per heavy atom. The quantitative estimate of drug-likeness (QED) is 0.704. The predicted octanol–water partition coefficient (Wildman–Crippen LogP) is 2.83. The third kappa shape index (κ3) is 4.39. The molecule has 20 heavy (non-hydrogen) atoms. The van der Waals surface area contributed by atoms with Gasteiger partial charge in [-0.3, -0.25) is 4.79 Å². The van der Waals surface area contributed by atoms with Crippen LogP contribution in [-0.4, -0.2) is 42.8 Å². The van der Waals surface area contributed by atoms with Crippen LogP contribution in [0.1, 0.15) is 47.0 Å². The van der Waals surface area contributed by atoms with Gasteiger partial charge in [-0.1, -0.05) is 20.3 Å². The molecule has 1 saturated carbocycles. The van der Waals surface area contributed by atoms with E-state index >= 15 is 0 Å². The highest BCUT2D eigenvalue weighted by Gasteiger charge is 2.40. The molecule has 0 aliphatic heterocycles. The van der Waals surface area contributed by atoms with Gasteiger partial charge in [-0.25, -0.2) is 4.79 Å². The summed E-state index contributed by atoms with van der Waals surface area (Å²) in [4.78, 5) is 25.9. The minimum Gasteiger partial charge on any atom is -0.466 e. The Kier molecular flexibility index (Phi) is 6.82. The van der Waals surface area contributed by atoms with E-state index in [-0.39, 0.29) is 24.0 Å². The van der Waals surface area contributed by atoms with E-state index in [4.69, 9.17) is 9.47 Å². The summed E-state index contributed by atoms with van der Waals surface area (Å²) in [5.74, 6) is -0.0611. The summed E-state index contributed by atoms with van der Waals surface area (Å²) in [5, 5.41) is 0. The summed E-state index contributed by atoms with van der Waals surface area (Å²) in [7, 11) is 0. The summed E-state index contributed by atoms with van der Waals surface area (Å²) in [6.45, 7) is 9.05. The molecule has 0 spiro atoms. The van der Waals surface area contributed by atoms with Gasteiger partial charge in [0.15, 0.2) is 0 Å². The number of nitrogens with zero attached hydrogens (tertiary/aromatic N) is 1. The Hall–Kier alpha value is -1.26. The van der Waals surface area contributed by atoms with Crippen LogP contribution in [0.5, 0.6) is 0 Å². The van der Waals surface area contributed by atoms with Crippen molar-refractivity contribution in [1.82, 2.24) is 4.90 Å². The highest BCUT2D eigenvalue weighted by Crippen LogP contribution is 2.32. The molecule has 116 valence electrons. The van der Waals surface area contributed by atoms with Crippen LogP contribution in [0.3, 0.4) is 0 Å². The number of carbonyl (C=O) groups is 2. The van der Waals surface area contributed by atoms with E-state index in [0.29, 0.717) is 25.7 Å². The van der Waals surface area contributed by atoms with Crippen molar-refractivity contribution in [3.05, 3.63) is 0 Å². The maximum Gasteiger partial charge on any atom is 0.410 e. The van der Waals surface area contributed by atoms with Crippen molar-refractivity contribution in [3.63, 3.8) is 0 Å². The third-order valence-electron chi connectivity index (χ3n) is 3.53. The van der Waals surface area contributed by atoms with Crippen LogP contribution in [0.2, 0.25) is 0 Å². The predicted molar refractivity (Wildman–Crippen MR) is 76.3 cm³/mol. The summed E-state index contributed by atoms with van der Waals surface area (Å²) < 4.78 is 10.3. The Bertz CT molecular complexity index is 330. The van der Waals surface area contributed by atoms with Crippen LogP contribution >= 0.6 is 0 Å². The average molecular weight is 285 g/mol. The lowest BCUT2D eigenvalue weighted by molar-refractivity contribution is -0.149. The Morgan fingerprint density at radius 1 is 1.15 bits per heavy atom. The van der Waals surface area contributed by atoms with Gasteiger partial charge in [0.1, 0.15) is 0 Å². The molecule has 5 heteroatoms. The molecule has 1 fully saturated rings. The minimum atomic E-state index is -0.317. The van der Waals surface area contributed by atoms with Crippen LogP contribution in [0.15, 0.2) is 0 Å². The fourth-order valence-corrected chi connectivity index (χ4v) is 2.78. The van der Waals surface area contributed by atoms with Crippen molar-refractivity contribution in [3.8, 4) is 0 Å². The van der Waals surface area contributed by atoms with E-state index in [1.165, 1.54) is 0 Å². The molecule has 0 heterocycles. The zero-order valence-corrected chi connectivity index (χ0v) is 13.1. The van der Waals surface area contributed by atoms with Crippen molar-refractivity contribution in [2.24, 2.45) is 11.8 Å². The first-order valence-electron chi connectivity index (χ1n) is 7.61. The van der Waals surface area contributed by atoms with Gasteiger partial charge >= 0.3 is 12.1 Å². The molecule has 2 unspecified atom stereocenters. The number of amides is 1. The van der Waals surface area contributed by atoms with Gasteiger partial charge in [0, 0.05) is 12.6 Å². The maximum absolute atomic E-state index is 12.1. The molecule has 0 radical (unpaired) electrons. The monoisotopic (exact) mass is 285 g/mol. The first kappa shape index (κ1) is 16.8. The van der Waals surface area contributed by atoms with Crippen molar-refractivity contribution in [1.29, 1.82) is 0 Å². The molecule has 0 N–H and O–H groups in total. The second-order valence-corrected chi connectivity index (χ2v) is 5.60. The molecule has 1 amide bonds. The highest BCUT2D eigenvalue weighted by atomic mass is 16.6. The molecule has 1 rings (SSSR count). The summed E-state index contributed by atoms with van der Waals surface area (Å²) in [5.41, 5.74) is 0. The third-order valence-corrected chi connectivity index (χ3v) is 3.53. The van der Waals surface area contributed by atoms with Crippen molar-refractivity contribution in [2.45, 2.75) is 53.0 Å². The SMILES string of the molecule is CCOC(=O)C1CCCC1N(CC(C)C)C(=O)OCC. The zero-order valence-electron chi connectivity index (χ0n) is 13.1. The molecule has 5 nitrogen and oxygen atoms in total. The smallest absolute Gasteiger partial charge is 0.410 e. The number of carbonyl (C=O) groups excluding carboxylic acids is 2. The second kappa shape index (κ2) is 8.12. The fourth-order valence-electron chi connectivity index (χ4n) is 2.78. The molecule has 1 aliphatic carbocycles. The topological polar surface area (TPSA) is 55.8 Å². The Morgan fingerprint density at radius 3 is 2.35 bits per heavy atom. The van der Waals surface area contributed by atoms with Gasteiger partial charge in [-0.2, -0.15) is 0 Å². The van der Waals surface area contributed by atoms with Gasteiger partial charge in [-0.05, 0) is 32.6 Å². The molecule has 1 aliphatic rings. The molecular weight excluding hydrogens is 258 g/mol. The van der Waals surface area contributed by atoms with Crippen LogP contribution < -0.4 is 0 Å². The molecule has 0 aromatic heterocycles. The molecule has 2 atom stereocenters. The lowest BCUT2D eigenvalue weighted by atomic mass is 10.0. The average Bonchev–Trinajstić information content (AvgIpc) is 2.85. The second-order valence-electron chi connectivity index (χ2n) is 5.60. The fraction of sp³-hybridized carbons (Fsp3) is 0.867. The summed E-state index contributed by atoms with van der Waals surface area (Å²) >= 11 is 0. The Balaban J connectivity index is 2.82. The van der Waals surface area contributed by atoms with Crippen molar-refractivity contribution < 1.29 is 19.1 Å². The van der Waals surface area contributed by atoms with Crippen LogP contribution in [0.4, 0.5) is 4.79 Å². The lowest BCUT2D eigenvalue weighted by Gasteiger charge is -2.32. The normalized spacial score (nSPS) is 21.9. The van der Waals surface area contributed by atoms with E-state index in [9.17, 15) is 9.59 Å². The highest BCUT2D eigenvalue weighted by molar-refractivity contribution is 5.75. The number of hydrogen-bond donors (Lipinski definition) is 0. The Labute approximate surface area is 121 Å². The van der Waals surface area contributed by atoms with Crippen LogP contribution in [0, 0.1) is 11.8 Å².